The van der Waals surface area contributed by atoms with E-state index in [2.05, 4.69) is 18.1 Å². The molecule has 0 aromatic rings. The maximum Gasteiger partial charge on any atom is 0.0870 e. The van der Waals surface area contributed by atoms with Crippen LogP contribution in [0.5, 0.6) is 0 Å². The van der Waals surface area contributed by atoms with Gasteiger partial charge in [-0.05, 0) is 37.9 Å². The number of hydrogen-bond acceptors (Lipinski definition) is 3. The van der Waals surface area contributed by atoms with Gasteiger partial charge in [-0.2, -0.15) is 11.8 Å². The molecule has 0 rings (SSSR count). The fourth-order valence-corrected chi connectivity index (χ4v) is 1.84. The molecule has 0 aromatic heterocycles. The summed E-state index contributed by atoms with van der Waals surface area (Å²) in [4.78, 5) is 2.94. The molecule has 4 heteroatoms. The van der Waals surface area contributed by atoms with E-state index in [-0.39, 0.29) is 0 Å². The van der Waals surface area contributed by atoms with Crippen LogP contribution in [0.15, 0.2) is 0 Å². The number of hydrogen-bond donors (Lipinski definition) is 1. The number of nitrogens with zero attached hydrogens (tertiary/aromatic N) is 1. The lowest BCUT2D eigenvalue weighted by molar-refractivity contribution is 0.314. The molecule has 0 aliphatic heterocycles. The van der Waals surface area contributed by atoms with Crippen molar-refractivity contribution in [3.8, 4) is 0 Å². The van der Waals surface area contributed by atoms with E-state index < -0.39 is 0 Å². The van der Waals surface area contributed by atoms with Gasteiger partial charge in [0.2, 0.25) is 0 Å². The molecule has 78 valence electrons. The second-order valence-electron chi connectivity index (χ2n) is 3.09. The average molecular weight is 220 g/mol. The first-order chi connectivity index (χ1) is 6.20. The summed E-state index contributed by atoms with van der Waals surface area (Å²) in [6.07, 6.45) is 4.53. The first-order valence-electron chi connectivity index (χ1n) is 4.70. The van der Waals surface area contributed by atoms with Crippen molar-refractivity contribution >= 4 is 29.0 Å². The molecule has 0 spiro atoms. The molecule has 2 N–H and O–H groups in total. The van der Waals surface area contributed by atoms with Crippen molar-refractivity contribution in [1.82, 2.24) is 4.90 Å². The Balaban J connectivity index is 3.59. The lowest BCUT2D eigenvalue weighted by Crippen LogP contribution is -2.34. The third-order valence-corrected chi connectivity index (χ3v) is 2.57. The van der Waals surface area contributed by atoms with Gasteiger partial charge in [0.05, 0.1) is 4.99 Å². The summed E-state index contributed by atoms with van der Waals surface area (Å²) in [5.41, 5.74) is 5.51. The second kappa shape index (κ2) is 8.78. The maximum atomic E-state index is 5.51. The van der Waals surface area contributed by atoms with Gasteiger partial charge in [0.15, 0.2) is 0 Å². The quantitative estimate of drug-likeness (QED) is 0.498. The summed E-state index contributed by atoms with van der Waals surface area (Å²) >= 11 is 6.79. The number of rotatable bonds is 8. The minimum atomic E-state index is 0.609. The Kier molecular flexibility index (Phi) is 8.92. The fourth-order valence-electron chi connectivity index (χ4n) is 1.24. The lowest BCUT2D eigenvalue weighted by atomic mass is 10.3. The van der Waals surface area contributed by atoms with Gasteiger partial charge in [0.25, 0.3) is 0 Å². The van der Waals surface area contributed by atoms with Crippen LogP contribution in [-0.4, -0.2) is 41.5 Å². The molecule has 0 fully saturated rings. The minimum Gasteiger partial charge on any atom is -0.392 e. The summed E-state index contributed by atoms with van der Waals surface area (Å²) < 4.78 is 0. The molecule has 0 atom stereocenters. The number of nitrogens with two attached hydrogens (primary N) is 1. The Labute approximate surface area is 91.2 Å². The Morgan fingerprint density at radius 1 is 1.46 bits per heavy atom. The van der Waals surface area contributed by atoms with E-state index in [1.54, 1.807) is 0 Å². The third-order valence-electron chi connectivity index (χ3n) is 1.74. The summed E-state index contributed by atoms with van der Waals surface area (Å²) in [7, 11) is 0. The van der Waals surface area contributed by atoms with Crippen LogP contribution in [-0.2, 0) is 0 Å². The molecule has 0 saturated heterocycles. The van der Waals surface area contributed by atoms with Crippen LogP contribution < -0.4 is 5.73 Å². The van der Waals surface area contributed by atoms with Crippen LogP contribution in [0.3, 0.4) is 0 Å². The van der Waals surface area contributed by atoms with Crippen LogP contribution in [0.4, 0.5) is 0 Å². The normalized spacial score (nSPS) is 10.7. The molecule has 0 aromatic carbocycles. The molecule has 0 bridgehead atoms. The van der Waals surface area contributed by atoms with E-state index in [1.807, 2.05) is 11.8 Å². The van der Waals surface area contributed by atoms with Gasteiger partial charge in [-0.3, -0.25) is 4.90 Å². The van der Waals surface area contributed by atoms with Crippen molar-refractivity contribution in [2.45, 2.75) is 19.8 Å². The van der Waals surface area contributed by atoms with E-state index >= 15 is 0 Å². The van der Waals surface area contributed by atoms with E-state index in [1.165, 1.54) is 18.6 Å². The average Bonchev–Trinajstić information content (AvgIpc) is 2.04. The van der Waals surface area contributed by atoms with Crippen LogP contribution in [0, 0.1) is 0 Å². The first kappa shape index (κ1) is 13.2. The Morgan fingerprint density at radius 3 is 2.62 bits per heavy atom. The molecule has 2 nitrogen and oxygen atoms in total. The zero-order valence-electron chi connectivity index (χ0n) is 8.58. The maximum absolute atomic E-state index is 5.51. The smallest absolute Gasteiger partial charge is 0.0870 e. The summed E-state index contributed by atoms with van der Waals surface area (Å²) in [5.74, 6) is 1.22. The zero-order chi connectivity index (χ0) is 10.1. The van der Waals surface area contributed by atoms with Gasteiger partial charge in [-0.1, -0.05) is 19.1 Å². The van der Waals surface area contributed by atoms with Crippen LogP contribution in [0.25, 0.3) is 0 Å². The molecule has 0 radical (unpaired) electrons. The van der Waals surface area contributed by atoms with Crippen molar-refractivity contribution in [3.05, 3.63) is 0 Å². The van der Waals surface area contributed by atoms with E-state index in [0.717, 1.165) is 19.6 Å². The SMILES string of the molecule is CCCN(CCCSC)CC(N)=S. The highest BCUT2D eigenvalue weighted by Gasteiger charge is 2.03. The van der Waals surface area contributed by atoms with Crippen molar-refractivity contribution in [1.29, 1.82) is 0 Å². The topological polar surface area (TPSA) is 29.3 Å². The van der Waals surface area contributed by atoms with Gasteiger partial charge >= 0.3 is 0 Å². The van der Waals surface area contributed by atoms with Gasteiger partial charge in [0.1, 0.15) is 0 Å². The molecule has 0 heterocycles. The summed E-state index contributed by atoms with van der Waals surface area (Å²) in [6, 6.07) is 0. The third kappa shape index (κ3) is 8.53. The molecule has 0 saturated carbocycles. The Hall–Kier alpha value is 0.200. The van der Waals surface area contributed by atoms with E-state index in [4.69, 9.17) is 18.0 Å². The molecular formula is C9H20N2S2. The molecule has 0 aliphatic carbocycles. The fraction of sp³-hybridized carbons (Fsp3) is 0.889. The van der Waals surface area contributed by atoms with Gasteiger partial charge in [0, 0.05) is 6.54 Å². The highest BCUT2D eigenvalue weighted by Crippen LogP contribution is 1.99. The second-order valence-corrected chi connectivity index (χ2v) is 4.60. The molecular weight excluding hydrogens is 200 g/mol. The molecule has 0 unspecified atom stereocenters. The van der Waals surface area contributed by atoms with Crippen LogP contribution in [0.1, 0.15) is 19.8 Å². The lowest BCUT2D eigenvalue weighted by Gasteiger charge is -2.20. The number of thiocarbonyl (C=S) groups is 1. The first-order valence-corrected chi connectivity index (χ1v) is 6.50. The van der Waals surface area contributed by atoms with Gasteiger partial charge < -0.3 is 5.73 Å². The standard InChI is InChI=1S/C9H20N2S2/c1-3-5-11(8-9(10)12)6-4-7-13-2/h3-8H2,1-2H3,(H2,10,12). The summed E-state index contributed by atoms with van der Waals surface area (Å²) in [6.45, 7) is 5.18. The van der Waals surface area contributed by atoms with E-state index in [0.29, 0.717) is 4.99 Å². The summed E-state index contributed by atoms with van der Waals surface area (Å²) in [5, 5.41) is 0. The largest absolute Gasteiger partial charge is 0.392 e. The van der Waals surface area contributed by atoms with Crippen molar-refractivity contribution in [2.75, 3.05) is 31.6 Å². The predicted molar refractivity (Wildman–Crippen MR) is 66.5 cm³/mol. The van der Waals surface area contributed by atoms with Crippen LogP contribution in [0.2, 0.25) is 0 Å². The van der Waals surface area contributed by atoms with Gasteiger partial charge in [-0.25, -0.2) is 0 Å². The Morgan fingerprint density at radius 2 is 2.15 bits per heavy atom. The monoisotopic (exact) mass is 220 g/mol. The predicted octanol–water partition coefficient (Wildman–Crippen LogP) is 1.74. The Bertz CT molecular complexity index is 140. The van der Waals surface area contributed by atoms with E-state index in [9.17, 15) is 0 Å². The molecule has 13 heavy (non-hydrogen) atoms. The zero-order valence-corrected chi connectivity index (χ0v) is 10.2. The molecule has 0 amide bonds. The van der Waals surface area contributed by atoms with Crippen molar-refractivity contribution in [3.63, 3.8) is 0 Å². The minimum absolute atomic E-state index is 0.609. The number of thioether (sulfide) groups is 1. The van der Waals surface area contributed by atoms with Gasteiger partial charge in [-0.15, -0.1) is 0 Å². The highest BCUT2D eigenvalue weighted by molar-refractivity contribution is 7.98. The highest BCUT2D eigenvalue weighted by atomic mass is 32.2. The van der Waals surface area contributed by atoms with Crippen molar-refractivity contribution in [2.24, 2.45) is 5.73 Å². The van der Waals surface area contributed by atoms with Crippen LogP contribution >= 0.6 is 24.0 Å². The molecule has 0 aliphatic rings. The van der Waals surface area contributed by atoms with Crippen molar-refractivity contribution < 1.29 is 0 Å².